The topological polar surface area (TPSA) is 37.8 Å². The lowest BCUT2D eigenvalue weighted by Crippen LogP contribution is -2.07. The van der Waals surface area contributed by atoms with Crippen LogP contribution in [-0.4, -0.2) is 9.36 Å². The smallest absolute Gasteiger partial charge is 0.203 e. The first-order valence-corrected chi connectivity index (χ1v) is 7.71. The summed E-state index contributed by atoms with van der Waals surface area (Å²) >= 11 is 13.5. The van der Waals surface area contributed by atoms with Gasteiger partial charge in [-0.1, -0.05) is 29.3 Å². The summed E-state index contributed by atoms with van der Waals surface area (Å²) in [6, 6.07) is 5.61. The van der Waals surface area contributed by atoms with Crippen LogP contribution in [0, 0.1) is 0 Å². The molecule has 1 saturated carbocycles. The molecule has 100 valence electrons. The molecule has 0 saturated heterocycles. The molecule has 0 bridgehead atoms. The highest BCUT2D eigenvalue weighted by Gasteiger charge is 2.28. The minimum absolute atomic E-state index is 0.0739. The molecule has 1 aromatic carbocycles. The fourth-order valence-electron chi connectivity index (χ4n) is 1.92. The van der Waals surface area contributed by atoms with Crippen molar-refractivity contribution >= 4 is 39.9 Å². The van der Waals surface area contributed by atoms with Gasteiger partial charge >= 0.3 is 0 Å². The van der Waals surface area contributed by atoms with E-state index in [2.05, 4.69) is 14.7 Å². The zero-order chi connectivity index (χ0) is 13.4. The van der Waals surface area contributed by atoms with Gasteiger partial charge in [-0.15, -0.1) is 0 Å². The number of hydrogen-bond acceptors (Lipinski definition) is 4. The molecule has 0 amide bonds. The van der Waals surface area contributed by atoms with Gasteiger partial charge in [-0.2, -0.15) is 4.37 Å². The molecule has 1 atom stereocenters. The zero-order valence-corrected chi connectivity index (χ0v) is 12.7. The van der Waals surface area contributed by atoms with Gasteiger partial charge in [-0.25, -0.2) is 4.98 Å². The summed E-state index contributed by atoms with van der Waals surface area (Å²) in [5.74, 6) is 1.56. The summed E-state index contributed by atoms with van der Waals surface area (Å²) in [4.78, 5) is 4.51. The van der Waals surface area contributed by atoms with Crippen molar-refractivity contribution in [2.24, 2.45) is 0 Å². The Bertz CT molecular complexity index is 595. The van der Waals surface area contributed by atoms with Crippen molar-refractivity contribution in [1.29, 1.82) is 0 Å². The van der Waals surface area contributed by atoms with Crippen LogP contribution in [-0.2, 0) is 0 Å². The van der Waals surface area contributed by atoms with Crippen LogP contribution in [0.25, 0.3) is 0 Å². The van der Waals surface area contributed by atoms with Crippen molar-refractivity contribution < 1.29 is 0 Å². The van der Waals surface area contributed by atoms with E-state index in [4.69, 9.17) is 23.2 Å². The Balaban J connectivity index is 1.73. The molecule has 19 heavy (non-hydrogen) atoms. The average molecular weight is 314 g/mol. The standard InChI is InChI=1S/C13H13Cl2N3S/c1-7(10-5-4-9(14)6-11(10)15)16-13-17-12(18-19-13)8-2-3-8/h4-8H,2-3H2,1H3,(H,16,17,18). The molecule has 1 aliphatic carbocycles. The lowest BCUT2D eigenvalue weighted by molar-refractivity contribution is 0.875. The maximum absolute atomic E-state index is 6.20. The van der Waals surface area contributed by atoms with Crippen LogP contribution in [0.1, 0.15) is 43.1 Å². The van der Waals surface area contributed by atoms with Crippen molar-refractivity contribution in [2.75, 3.05) is 5.32 Å². The maximum atomic E-state index is 6.20. The molecule has 1 unspecified atom stereocenters. The monoisotopic (exact) mass is 313 g/mol. The van der Waals surface area contributed by atoms with Crippen LogP contribution in [0.15, 0.2) is 18.2 Å². The second-order valence-corrected chi connectivity index (χ2v) is 6.36. The number of nitrogens with one attached hydrogen (secondary N) is 1. The number of rotatable bonds is 4. The van der Waals surface area contributed by atoms with Crippen LogP contribution in [0.2, 0.25) is 10.0 Å². The van der Waals surface area contributed by atoms with E-state index in [0.717, 1.165) is 16.5 Å². The Hall–Kier alpha value is -0.840. The van der Waals surface area contributed by atoms with E-state index in [1.807, 2.05) is 19.1 Å². The number of nitrogens with zero attached hydrogens (tertiary/aromatic N) is 2. The summed E-state index contributed by atoms with van der Waals surface area (Å²) in [6.07, 6.45) is 2.43. The predicted octanol–water partition coefficient (Wildman–Crippen LogP) is 4.90. The highest BCUT2D eigenvalue weighted by molar-refractivity contribution is 7.09. The molecule has 3 nitrogen and oxygen atoms in total. The second kappa shape index (κ2) is 5.27. The first-order valence-electron chi connectivity index (χ1n) is 6.18. The molecular formula is C13H13Cl2N3S. The fourth-order valence-corrected chi connectivity index (χ4v) is 3.22. The lowest BCUT2D eigenvalue weighted by atomic mass is 10.1. The molecule has 1 aliphatic rings. The summed E-state index contributed by atoms with van der Waals surface area (Å²) in [7, 11) is 0. The minimum Gasteiger partial charge on any atom is -0.354 e. The Morgan fingerprint density at radius 2 is 2.16 bits per heavy atom. The van der Waals surface area contributed by atoms with Gasteiger partial charge in [0.1, 0.15) is 5.82 Å². The molecule has 1 N–H and O–H groups in total. The third kappa shape index (κ3) is 3.02. The Morgan fingerprint density at radius 1 is 1.37 bits per heavy atom. The Kier molecular flexibility index (Phi) is 3.65. The van der Waals surface area contributed by atoms with Crippen LogP contribution < -0.4 is 5.32 Å². The van der Waals surface area contributed by atoms with Gasteiger partial charge in [0.05, 0.1) is 6.04 Å². The highest BCUT2D eigenvalue weighted by Crippen LogP contribution is 2.39. The third-order valence-corrected chi connectivity index (χ3v) is 4.38. The first kappa shape index (κ1) is 13.2. The molecule has 0 aliphatic heterocycles. The van der Waals surface area contributed by atoms with Gasteiger partial charge in [0, 0.05) is 27.5 Å². The van der Waals surface area contributed by atoms with Crippen molar-refractivity contribution in [3.8, 4) is 0 Å². The largest absolute Gasteiger partial charge is 0.354 e. The number of halogens is 2. The lowest BCUT2D eigenvalue weighted by Gasteiger charge is -2.14. The summed E-state index contributed by atoms with van der Waals surface area (Å²) < 4.78 is 4.38. The molecule has 2 aromatic rings. The molecule has 3 rings (SSSR count). The SMILES string of the molecule is CC(Nc1nc(C2CC2)ns1)c1ccc(Cl)cc1Cl. The second-order valence-electron chi connectivity index (χ2n) is 4.76. The van der Waals surface area contributed by atoms with Crippen LogP contribution in [0.5, 0.6) is 0 Å². The molecular weight excluding hydrogens is 301 g/mol. The van der Waals surface area contributed by atoms with E-state index < -0.39 is 0 Å². The van der Waals surface area contributed by atoms with E-state index >= 15 is 0 Å². The molecule has 0 spiro atoms. The fraction of sp³-hybridized carbons (Fsp3) is 0.385. The van der Waals surface area contributed by atoms with E-state index in [0.29, 0.717) is 16.0 Å². The van der Waals surface area contributed by atoms with Gasteiger partial charge in [-0.3, -0.25) is 0 Å². The highest BCUT2D eigenvalue weighted by atomic mass is 35.5. The van der Waals surface area contributed by atoms with Crippen molar-refractivity contribution in [1.82, 2.24) is 9.36 Å². The molecule has 1 heterocycles. The molecule has 1 fully saturated rings. The van der Waals surface area contributed by atoms with E-state index in [-0.39, 0.29) is 6.04 Å². The molecule has 0 radical (unpaired) electrons. The Morgan fingerprint density at radius 3 is 2.84 bits per heavy atom. The van der Waals surface area contributed by atoms with Gasteiger partial charge < -0.3 is 5.32 Å². The average Bonchev–Trinajstić information content (AvgIpc) is 3.10. The van der Waals surface area contributed by atoms with Gasteiger partial charge in [-0.05, 0) is 37.5 Å². The summed E-state index contributed by atoms with van der Waals surface area (Å²) in [6.45, 7) is 2.05. The Labute approximate surface area is 126 Å². The predicted molar refractivity (Wildman–Crippen MR) is 80.4 cm³/mol. The van der Waals surface area contributed by atoms with Crippen molar-refractivity contribution in [3.05, 3.63) is 39.6 Å². The number of anilines is 1. The third-order valence-electron chi connectivity index (χ3n) is 3.15. The maximum Gasteiger partial charge on any atom is 0.203 e. The summed E-state index contributed by atoms with van der Waals surface area (Å²) in [5, 5.41) is 5.50. The van der Waals surface area contributed by atoms with Crippen LogP contribution >= 0.6 is 34.7 Å². The van der Waals surface area contributed by atoms with Crippen molar-refractivity contribution in [2.45, 2.75) is 31.7 Å². The van der Waals surface area contributed by atoms with Crippen LogP contribution in [0.3, 0.4) is 0 Å². The molecule has 6 heteroatoms. The van der Waals surface area contributed by atoms with Gasteiger partial charge in [0.25, 0.3) is 0 Å². The quantitative estimate of drug-likeness (QED) is 0.872. The van der Waals surface area contributed by atoms with Gasteiger partial charge in [0.15, 0.2) is 0 Å². The van der Waals surface area contributed by atoms with E-state index in [9.17, 15) is 0 Å². The zero-order valence-electron chi connectivity index (χ0n) is 10.4. The van der Waals surface area contributed by atoms with E-state index in [1.54, 1.807) is 6.07 Å². The number of aromatic nitrogens is 2. The number of benzene rings is 1. The normalized spacial score (nSPS) is 16.4. The van der Waals surface area contributed by atoms with Gasteiger partial charge in [0.2, 0.25) is 5.13 Å². The van der Waals surface area contributed by atoms with Crippen LogP contribution in [0.4, 0.5) is 5.13 Å². The first-order chi connectivity index (χ1) is 9.13. The van der Waals surface area contributed by atoms with E-state index in [1.165, 1.54) is 24.4 Å². The molecule has 1 aromatic heterocycles. The van der Waals surface area contributed by atoms with Crippen molar-refractivity contribution in [3.63, 3.8) is 0 Å². The minimum atomic E-state index is 0.0739. The summed E-state index contributed by atoms with van der Waals surface area (Å²) in [5.41, 5.74) is 1.01. The number of hydrogen-bond donors (Lipinski definition) is 1.